The summed E-state index contributed by atoms with van der Waals surface area (Å²) in [4.78, 5) is 4.25. The molecule has 0 bridgehead atoms. The summed E-state index contributed by atoms with van der Waals surface area (Å²) in [6.07, 6.45) is 5.78. The minimum atomic E-state index is -0.672. The van der Waals surface area contributed by atoms with Crippen LogP contribution < -0.4 is 15.8 Å². The summed E-state index contributed by atoms with van der Waals surface area (Å²) >= 11 is 12.3. The lowest BCUT2D eigenvalue weighted by atomic mass is 10.0. The van der Waals surface area contributed by atoms with Gasteiger partial charge in [-0.05, 0) is 37.6 Å². The number of hydrogen-bond acceptors (Lipinski definition) is 5. The number of fused-ring (bicyclic) bond motifs is 1. The molecular weight excluding hydrogens is 404 g/mol. The van der Waals surface area contributed by atoms with E-state index < -0.39 is 11.9 Å². The monoisotopic (exact) mass is 421 g/mol. The summed E-state index contributed by atoms with van der Waals surface area (Å²) in [5.41, 5.74) is 8.93. The van der Waals surface area contributed by atoms with Crippen molar-refractivity contribution in [2.45, 2.75) is 19.4 Å². The maximum Gasteiger partial charge on any atom is 0.205 e. The van der Waals surface area contributed by atoms with Gasteiger partial charge in [-0.15, -0.1) is 0 Å². The first-order valence-corrected chi connectivity index (χ1v) is 9.58. The van der Waals surface area contributed by atoms with Crippen LogP contribution in [0.25, 0.3) is 16.5 Å². The molecule has 5 nitrogen and oxygen atoms in total. The highest BCUT2D eigenvalue weighted by Gasteiger charge is 2.23. The second-order valence-electron chi connectivity index (χ2n) is 6.58. The maximum absolute atomic E-state index is 13.9. The average molecular weight is 422 g/mol. The molecule has 2 aromatic heterocycles. The zero-order chi connectivity index (χ0) is 19.8. The van der Waals surface area contributed by atoms with E-state index in [-0.39, 0.29) is 16.6 Å². The Bertz CT molecular complexity index is 1080. The van der Waals surface area contributed by atoms with Crippen molar-refractivity contribution in [3.8, 4) is 5.75 Å². The van der Waals surface area contributed by atoms with Crippen LogP contribution in [-0.2, 0) is 0 Å². The number of aromatic nitrogens is 1. The van der Waals surface area contributed by atoms with E-state index in [4.69, 9.17) is 38.1 Å². The van der Waals surface area contributed by atoms with Crippen molar-refractivity contribution in [2.75, 3.05) is 18.8 Å². The molecule has 3 heterocycles. The molecule has 0 aliphatic carbocycles. The van der Waals surface area contributed by atoms with E-state index in [9.17, 15) is 4.39 Å². The molecule has 0 saturated heterocycles. The van der Waals surface area contributed by atoms with E-state index in [0.29, 0.717) is 16.2 Å². The number of pyridine rings is 1. The van der Waals surface area contributed by atoms with Gasteiger partial charge in [0.05, 0.1) is 16.7 Å². The van der Waals surface area contributed by atoms with Crippen LogP contribution in [0.4, 0.5) is 10.2 Å². The van der Waals surface area contributed by atoms with E-state index >= 15 is 0 Å². The molecule has 0 radical (unpaired) electrons. The molecule has 1 aliphatic rings. The van der Waals surface area contributed by atoms with Crippen LogP contribution in [0.1, 0.15) is 30.6 Å². The van der Waals surface area contributed by atoms with Crippen LogP contribution in [0.15, 0.2) is 35.1 Å². The molecule has 3 aromatic rings. The number of nitrogens with zero attached hydrogens (tertiary/aromatic N) is 1. The summed E-state index contributed by atoms with van der Waals surface area (Å²) in [7, 11) is 0. The van der Waals surface area contributed by atoms with E-state index in [0.717, 1.165) is 36.0 Å². The summed E-state index contributed by atoms with van der Waals surface area (Å²) in [5.74, 6) is -0.130. The number of halogens is 3. The van der Waals surface area contributed by atoms with Gasteiger partial charge in [-0.25, -0.2) is 9.37 Å². The highest BCUT2D eigenvalue weighted by atomic mass is 35.5. The molecule has 1 atom stereocenters. The second-order valence-corrected chi connectivity index (χ2v) is 7.36. The van der Waals surface area contributed by atoms with Gasteiger partial charge >= 0.3 is 0 Å². The Kier molecular flexibility index (Phi) is 5.19. The smallest absolute Gasteiger partial charge is 0.205 e. The summed E-state index contributed by atoms with van der Waals surface area (Å²) < 4.78 is 25.7. The molecular formula is C20H18Cl2FN3O2. The average Bonchev–Trinajstić information content (AvgIpc) is 3.12. The standard InChI is InChI=1S/C20H18Cl2FN3O2/c1-10(16-14(21)4-5-15(23)17(16)22)28-19-18-12(8-26-20(19)24)13(9-27-18)11-3-2-6-25-7-11/h3-5,8-10,25H,2,6-7H2,1H3,(H2,24,26)/t10-/m1/s1. The van der Waals surface area contributed by atoms with E-state index in [1.807, 2.05) is 0 Å². The zero-order valence-electron chi connectivity index (χ0n) is 15.1. The van der Waals surface area contributed by atoms with Gasteiger partial charge in [0.15, 0.2) is 11.4 Å². The van der Waals surface area contributed by atoms with Crippen LogP contribution in [0, 0.1) is 5.82 Å². The molecule has 0 fully saturated rings. The number of rotatable bonds is 4. The van der Waals surface area contributed by atoms with Crippen molar-refractivity contribution in [2.24, 2.45) is 0 Å². The fourth-order valence-corrected chi connectivity index (χ4v) is 4.02. The Morgan fingerprint density at radius 1 is 1.36 bits per heavy atom. The Hall–Kier alpha value is -2.28. The molecule has 8 heteroatoms. The molecule has 4 rings (SSSR count). The largest absolute Gasteiger partial charge is 0.478 e. The van der Waals surface area contributed by atoms with Crippen molar-refractivity contribution in [3.63, 3.8) is 0 Å². The second kappa shape index (κ2) is 7.62. The minimum absolute atomic E-state index is 0.0859. The minimum Gasteiger partial charge on any atom is -0.478 e. The SMILES string of the molecule is C[C@@H](Oc1c(N)ncc2c(C3=CCCNC3)coc12)c1c(Cl)ccc(F)c1Cl. The molecule has 0 saturated carbocycles. The molecule has 146 valence electrons. The van der Waals surface area contributed by atoms with Gasteiger partial charge in [-0.2, -0.15) is 0 Å². The summed E-state index contributed by atoms with van der Waals surface area (Å²) in [6.45, 7) is 3.41. The van der Waals surface area contributed by atoms with Gasteiger partial charge in [0.2, 0.25) is 5.75 Å². The fraction of sp³-hybridized carbons (Fsp3) is 0.250. The number of nitrogen functional groups attached to an aromatic ring is 1. The molecule has 0 spiro atoms. The lowest BCUT2D eigenvalue weighted by Crippen LogP contribution is -2.21. The number of anilines is 1. The third kappa shape index (κ3) is 3.32. The third-order valence-electron chi connectivity index (χ3n) is 4.75. The first-order chi connectivity index (χ1) is 13.5. The Morgan fingerprint density at radius 2 is 2.18 bits per heavy atom. The predicted molar refractivity (Wildman–Crippen MR) is 109 cm³/mol. The van der Waals surface area contributed by atoms with Crippen LogP contribution in [-0.4, -0.2) is 18.1 Å². The number of nitrogens with one attached hydrogen (secondary N) is 1. The lowest BCUT2D eigenvalue weighted by molar-refractivity contribution is 0.227. The molecule has 0 amide bonds. The van der Waals surface area contributed by atoms with Gasteiger partial charge in [0.1, 0.15) is 11.9 Å². The van der Waals surface area contributed by atoms with Crippen molar-refractivity contribution < 1.29 is 13.5 Å². The third-order valence-corrected chi connectivity index (χ3v) is 5.47. The van der Waals surface area contributed by atoms with Crippen molar-refractivity contribution in [1.29, 1.82) is 0 Å². The van der Waals surface area contributed by atoms with Crippen LogP contribution in [0.2, 0.25) is 10.0 Å². The number of furan rings is 1. The van der Waals surface area contributed by atoms with Crippen molar-refractivity contribution >= 4 is 45.6 Å². The Labute approximate surface area is 171 Å². The van der Waals surface area contributed by atoms with E-state index in [2.05, 4.69) is 16.4 Å². The maximum atomic E-state index is 13.9. The Morgan fingerprint density at radius 3 is 2.93 bits per heavy atom. The topological polar surface area (TPSA) is 73.3 Å². The molecule has 1 aliphatic heterocycles. The van der Waals surface area contributed by atoms with Crippen LogP contribution in [0.3, 0.4) is 0 Å². The highest BCUT2D eigenvalue weighted by Crippen LogP contribution is 2.40. The predicted octanol–water partition coefficient (Wildman–Crippen LogP) is 5.37. The van der Waals surface area contributed by atoms with Crippen molar-refractivity contribution in [1.82, 2.24) is 10.3 Å². The number of hydrogen-bond donors (Lipinski definition) is 2. The van der Waals surface area contributed by atoms with Gasteiger partial charge in [-0.3, -0.25) is 0 Å². The van der Waals surface area contributed by atoms with Crippen LogP contribution in [0.5, 0.6) is 5.75 Å². The van der Waals surface area contributed by atoms with Gasteiger partial charge in [0.25, 0.3) is 0 Å². The van der Waals surface area contributed by atoms with Crippen molar-refractivity contribution in [3.05, 3.63) is 57.7 Å². The Balaban J connectivity index is 1.75. The first kappa shape index (κ1) is 19.1. The lowest BCUT2D eigenvalue weighted by Gasteiger charge is -2.19. The molecule has 1 aromatic carbocycles. The quantitative estimate of drug-likeness (QED) is 0.553. The summed E-state index contributed by atoms with van der Waals surface area (Å²) in [5, 5.41) is 4.34. The van der Waals surface area contributed by atoms with Gasteiger partial charge in [0, 0.05) is 28.9 Å². The van der Waals surface area contributed by atoms with E-state index in [1.54, 1.807) is 19.4 Å². The number of ether oxygens (including phenoxy) is 1. The molecule has 3 N–H and O–H groups in total. The molecule has 28 heavy (non-hydrogen) atoms. The van der Waals surface area contributed by atoms with Gasteiger partial charge in [-0.1, -0.05) is 29.3 Å². The number of nitrogens with two attached hydrogens (primary N) is 1. The fourth-order valence-electron chi connectivity index (χ4n) is 3.34. The van der Waals surface area contributed by atoms with Gasteiger partial charge < -0.3 is 20.2 Å². The van der Waals surface area contributed by atoms with Crippen LogP contribution >= 0.6 is 23.2 Å². The zero-order valence-corrected chi connectivity index (χ0v) is 16.6. The number of benzene rings is 1. The summed E-state index contributed by atoms with van der Waals surface area (Å²) in [6, 6.07) is 2.65. The highest BCUT2D eigenvalue weighted by molar-refractivity contribution is 6.36. The van der Waals surface area contributed by atoms with E-state index in [1.165, 1.54) is 12.1 Å². The molecule has 0 unspecified atom stereocenters. The first-order valence-electron chi connectivity index (χ1n) is 8.83. The normalized spacial score (nSPS) is 15.5.